The van der Waals surface area contributed by atoms with Crippen LogP contribution < -0.4 is 16.7 Å². The molecule has 0 bridgehead atoms. The Hall–Kier alpha value is -2.77. The summed E-state index contributed by atoms with van der Waals surface area (Å²) in [6.45, 7) is 1.19. The SMILES string of the molecule is O=C(NCCCCCCn1c(=O)[nH][nH]c1=O)OCc1ccccc1. The fourth-order valence-electron chi connectivity index (χ4n) is 2.25. The number of carbonyl (C=O) groups excluding carboxylic acids is 1. The van der Waals surface area contributed by atoms with Gasteiger partial charge in [0.1, 0.15) is 6.61 Å². The molecule has 0 radical (unpaired) electrons. The molecule has 0 aliphatic carbocycles. The van der Waals surface area contributed by atoms with E-state index >= 15 is 0 Å². The summed E-state index contributed by atoms with van der Waals surface area (Å²) in [5.41, 5.74) is 0.119. The number of benzene rings is 1. The molecule has 1 aromatic heterocycles. The molecule has 2 rings (SSSR count). The van der Waals surface area contributed by atoms with Gasteiger partial charge in [-0.1, -0.05) is 43.2 Å². The number of ether oxygens (including phenoxy) is 1. The Morgan fingerprint density at radius 1 is 1.00 bits per heavy atom. The number of nitrogens with one attached hydrogen (secondary N) is 3. The molecule has 8 heteroatoms. The minimum Gasteiger partial charge on any atom is -0.445 e. The lowest BCUT2D eigenvalue weighted by Crippen LogP contribution is -2.26. The molecule has 1 heterocycles. The molecule has 0 fully saturated rings. The summed E-state index contributed by atoms with van der Waals surface area (Å²) >= 11 is 0. The van der Waals surface area contributed by atoms with Crippen LogP contribution in [-0.4, -0.2) is 27.4 Å². The zero-order valence-electron chi connectivity index (χ0n) is 13.4. The quantitative estimate of drug-likeness (QED) is 0.601. The first kappa shape index (κ1) is 17.6. The van der Waals surface area contributed by atoms with E-state index in [0.717, 1.165) is 35.8 Å². The lowest BCUT2D eigenvalue weighted by molar-refractivity contribution is 0.139. The lowest BCUT2D eigenvalue weighted by Gasteiger charge is -2.07. The third-order valence-electron chi connectivity index (χ3n) is 3.56. The summed E-state index contributed by atoms with van der Waals surface area (Å²) in [6, 6.07) is 9.49. The van der Waals surface area contributed by atoms with Crippen LogP contribution in [0.3, 0.4) is 0 Å². The fraction of sp³-hybridized carbons (Fsp3) is 0.438. The molecular weight excluding hydrogens is 312 g/mol. The molecule has 0 spiro atoms. The van der Waals surface area contributed by atoms with Crippen LogP contribution in [0, 0.1) is 0 Å². The molecule has 130 valence electrons. The standard InChI is InChI=1S/C16H22N4O4/c21-14-18-19-15(22)20(14)11-7-2-1-6-10-17-16(23)24-12-13-8-4-3-5-9-13/h3-5,8-9H,1-2,6-7,10-12H2,(H,17,23)(H,18,21)(H,19,22). The summed E-state index contributed by atoms with van der Waals surface area (Å²) in [5, 5.41) is 7.18. The van der Waals surface area contributed by atoms with Gasteiger partial charge in [-0.15, -0.1) is 0 Å². The maximum absolute atomic E-state index is 11.5. The first-order valence-electron chi connectivity index (χ1n) is 7.99. The van der Waals surface area contributed by atoms with Gasteiger partial charge in [-0.05, 0) is 18.4 Å². The van der Waals surface area contributed by atoms with Crippen molar-refractivity contribution in [1.29, 1.82) is 0 Å². The highest BCUT2D eigenvalue weighted by atomic mass is 16.5. The Bertz CT molecular complexity index is 705. The van der Waals surface area contributed by atoms with Crippen molar-refractivity contribution in [3.8, 4) is 0 Å². The zero-order chi connectivity index (χ0) is 17.2. The topological polar surface area (TPSA) is 109 Å². The first-order valence-corrected chi connectivity index (χ1v) is 7.99. The largest absolute Gasteiger partial charge is 0.445 e. The summed E-state index contributed by atoms with van der Waals surface area (Å²) < 4.78 is 6.24. The van der Waals surface area contributed by atoms with Crippen molar-refractivity contribution in [2.75, 3.05) is 6.54 Å². The molecule has 3 N–H and O–H groups in total. The van der Waals surface area contributed by atoms with Crippen LogP contribution in [0.4, 0.5) is 4.79 Å². The molecule has 1 aromatic carbocycles. The Morgan fingerprint density at radius 3 is 2.38 bits per heavy atom. The monoisotopic (exact) mass is 334 g/mol. The highest BCUT2D eigenvalue weighted by Gasteiger charge is 2.03. The van der Waals surface area contributed by atoms with E-state index in [4.69, 9.17) is 4.74 Å². The van der Waals surface area contributed by atoms with E-state index in [2.05, 4.69) is 15.5 Å². The fourth-order valence-corrected chi connectivity index (χ4v) is 2.25. The van der Waals surface area contributed by atoms with Crippen LogP contribution in [0.25, 0.3) is 0 Å². The molecule has 0 saturated carbocycles. The lowest BCUT2D eigenvalue weighted by atomic mass is 10.2. The minimum atomic E-state index is -0.427. The second-order valence-corrected chi connectivity index (χ2v) is 5.41. The van der Waals surface area contributed by atoms with E-state index in [0.29, 0.717) is 13.1 Å². The molecule has 0 saturated heterocycles. The van der Waals surface area contributed by atoms with Gasteiger partial charge in [0, 0.05) is 13.1 Å². The number of alkyl carbamates (subject to hydrolysis) is 1. The molecule has 2 aromatic rings. The van der Waals surface area contributed by atoms with Gasteiger partial charge in [-0.2, -0.15) is 0 Å². The maximum Gasteiger partial charge on any atom is 0.407 e. The number of hydrogen-bond donors (Lipinski definition) is 3. The Balaban J connectivity index is 1.50. The van der Waals surface area contributed by atoms with Gasteiger partial charge in [-0.25, -0.2) is 29.1 Å². The molecule has 0 aliphatic rings. The molecular formula is C16H22N4O4. The van der Waals surface area contributed by atoms with Gasteiger partial charge >= 0.3 is 17.5 Å². The number of rotatable bonds is 9. The van der Waals surface area contributed by atoms with Gasteiger partial charge in [-0.3, -0.25) is 0 Å². The second-order valence-electron chi connectivity index (χ2n) is 5.41. The van der Waals surface area contributed by atoms with E-state index in [1.54, 1.807) is 0 Å². The zero-order valence-corrected chi connectivity index (χ0v) is 13.4. The highest BCUT2D eigenvalue weighted by Crippen LogP contribution is 2.02. The van der Waals surface area contributed by atoms with Crippen LogP contribution in [0.15, 0.2) is 39.9 Å². The third kappa shape index (κ3) is 5.79. The van der Waals surface area contributed by atoms with Gasteiger partial charge < -0.3 is 10.1 Å². The third-order valence-corrected chi connectivity index (χ3v) is 3.56. The van der Waals surface area contributed by atoms with Crippen molar-refractivity contribution in [1.82, 2.24) is 20.1 Å². The average molecular weight is 334 g/mol. The van der Waals surface area contributed by atoms with E-state index in [-0.39, 0.29) is 6.61 Å². The minimum absolute atomic E-state index is 0.257. The van der Waals surface area contributed by atoms with Crippen molar-refractivity contribution < 1.29 is 9.53 Å². The maximum atomic E-state index is 11.5. The van der Waals surface area contributed by atoms with Crippen molar-refractivity contribution >= 4 is 6.09 Å². The number of unbranched alkanes of at least 4 members (excludes halogenated alkanes) is 3. The molecule has 8 nitrogen and oxygen atoms in total. The number of H-pyrrole nitrogens is 2. The van der Waals surface area contributed by atoms with Gasteiger partial charge in [0.25, 0.3) is 0 Å². The highest BCUT2D eigenvalue weighted by molar-refractivity contribution is 5.67. The van der Waals surface area contributed by atoms with Crippen LogP contribution in [-0.2, 0) is 17.9 Å². The second kappa shape index (κ2) is 9.39. The van der Waals surface area contributed by atoms with Crippen molar-refractivity contribution in [3.05, 3.63) is 56.9 Å². The molecule has 0 unspecified atom stereocenters. The molecule has 24 heavy (non-hydrogen) atoms. The average Bonchev–Trinajstić information content (AvgIpc) is 2.91. The number of hydrogen-bond acceptors (Lipinski definition) is 4. The summed E-state index contributed by atoms with van der Waals surface area (Å²) in [6.07, 6.45) is 2.90. The van der Waals surface area contributed by atoms with E-state index in [1.807, 2.05) is 30.3 Å². The summed E-state index contributed by atoms with van der Waals surface area (Å²) in [4.78, 5) is 34.0. The molecule has 1 amide bonds. The Labute approximate surface area is 138 Å². The van der Waals surface area contributed by atoms with E-state index in [9.17, 15) is 14.4 Å². The normalized spacial score (nSPS) is 10.5. The van der Waals surface area contributed by atoms with Crippen LogP contribution in [0.2, 0.25) is 0 Å². The predicted octanol–water partition coefficient (Wildman–Crippen LogP) is 1.35. The van der Waals surface area contributed by atoms with Crippen LogP contribution in [0.1, 0.15) is 31.2 Å². The Morgan fingerprint density at radius 2 is 1.67 bits per heavy atom. The summed E-state index contributed by atoms with van der Waals surface area (Å²) in [5.74, 6) is 0. The predicted molar refractivity (Wildman–Crippen MR) is 88.8 cm³/mol. The number of aromatic amines is 2. The van der Waals surface area contributed by atoms with E-state index in [1.165, 1.54) is 0 Å². The number of amides is 1. The van der Waals surface area contributed by atoms with Gasteiger partial charge in [0.05, 0.1) is 0 Å². The van der Waals surface area contributed by atoms with Crippen molar-refractivity contribution in [2.45, 2.75) is 38.8 Å². The van der Waals surface area contributed by atoms with Crippen LogP contribution in [0.5, 0.6) is 0 Å². The number of carbonyl (C=O) groups is 1. The van der Waals surface area contributed by atoms with Gasteiger partial charge in [0.15, 0.2) is 0 Å². The van der Waals surface area contributed by atoms with Gasteiger partial charge in [0.2, 0.25) is 0 Å². The number of nitrogens with zero attached hydrogens (tertiary/aromatic N) is 1. The number of aromatic nitrogens is 3. The molecule has 0 atom stereocenters. The Kier molecular flexibility index (Phi) is 6.88. The smallest absolute Gasteiger partial charge is 0.407 e. The first-order chi connectivity index (χ1) is 11.7. The van der Waals surface area contributed by atoms with Crippen LogP contribution >= 0.6 is 0 Å². The summed E-state index contributed by atoms with van der Waals surface area (Å²) in [7, 11) is 0. The van der Waals surface area contributed by atoms with Crippen molar-refractivity contribution in [2.24, 2.45) is 0 Å². The molecule has 0 aliphatic heterocycles. The van der Waals surface area contributed by atoms with Crippen molar-refractivity contribution in [3.63, 3.8) is 0 Å². The van der Waals surface area contributed by atoms with E-state index < -0.39 is 17.5 Å².